The number of nitrogens with zero attached hydrogens (tertiary/aromatic N) is 2. The quantitative estimate of drug-likeness (QED) is 0.0580. The van der Waals surface area contributed by atoms with E-state index in [1.54, 1.807) is 48.7 Å². The maximum atomic E-state index is 13.0. The van der Waals surface area contributed by atoms with Crippen molar-refractivity contribution in [2.75, 3.05) is 5.75 Å². The van der Waals surface area contributed by atoms with E-state index in [4.69, 9.17) is 17.0 Å². The van der Waals surface area contributed by atoms with E-state index >= 15 is 0 Å². The Labute approximate surface area is 271 Å². The van der Waals surface area contributed by atoms with E-state index in [0.29, 0.717) is 16.9 Å². The normalized spacial score (nSPS) is 11.0. The van der Waals surface area contributed by atoms with E-state index < -0.39 is 5.25 Å². The lowest BCUT2D eigenvalue weighted by atomic mass is 10.1. The number of ether oxygens (including phenoxy) is 1. The molecule has 0 saturated carbocycles. The zero-order valence-electron chi connectivity index (χ0n) is 25.1. The van der Waals surface area contributed by atoms with Crippen LogP contribution in [0.1, 0.15) is 100 Å². The van der Waals surface area contributed by atoms with Crippen molar-refractivity contribution in [3.05, 3.63) is 89.5 Å². The number of pyridine rings is 2. The summed E-state index contributed by atoms with van der Waals surface area (Å²) in [7, 11) is 0. The molecule has 3 rings (SSSR count). The van der Waals surface area contributed by atoms with Gasteiger partial charge >= 0.3 is 5.97 Å². The number of rotatable bonds is 14. The van der Waals surface area contributed by atoms with E-state index in [-0.39, 0.29) is 5.97 Å². The molecule has 1 aromatic carbocycles. The Morgan fingerprint density at radius 2 is 1.21 bits per heavy atom. The molecule has 2 heterocycles. The Hall–Kier alpha value is -3.10. The first-order chi connectivity index (χ1) is 21.0. The Morgan fingerprint density at radius 3 is 1.72 bits per heavy atom. The Bertz CT molecular complexity index is 1330. The summed E-state index contributed by atoms with van der Waals surface area (Å²) >= 11 is 8.61. The minimum absolute atomic E-state index is 0.348. The van der Waals surface area contributed by atoms with Crippen LogP contribution in [0.5, 0.6) is 5.75 Å². The van der Waals surface area contributed by atoms with Gasteiger partial charge < -0.3 is 4.74 Å². The molecule has 0 aliphatic heterocycles. The molecule has 0 saturated heterocycles. The van der Waals surface area contributed by atoms with Crippen molar-refractivity contribution in [1.29, 1.82) is 0 Å². The van der Waals surface area contributed by atoms with Gasteiger partial charge in [0.05, 0.1) is 0 Å². The van der Waals surface area contributed by atoms with Crippen molar-refractivity contribution in [3.63, 3.8) is 0 Å². The predicted molar refractivity (Wildman–Crippen MR) is 186 cm³/mol. The first-order valence-electron chi connectivity index (χ1n) is 15.1. The summed E-state index contributed by atoms with van der Waals surface area (Å²) in [6, 6.07) is 12.8. The van der Waals surface area contributed by atoms with Crippen LogP contribution in [0.2, 0.25) is 0 Å². The molecule has 224 valence electrons. The molecule has 0 aliphatic rings. The van der Waals surface area contributed by atoms with Gasteiger partial charge in [-0.1, -0.05) is 112 Å². The van der Waals surface area contributed by atoms with E-state index in [1.807, 2.05) is 37.3 Å². The van der Waals surface area contributed by atoms with Crippen LogP contribution in [-0.4, -0.2) is 30.5 Å². The zero-order valence-corrected chi connectivity index (χ0v) is 27.6. The third kappa shape index (κ3) is 14.8. The summed E-state index contributed by atoms with van der Waals surface area (Å²) in [5, 5.41) is -0.425. The van der Waals surface area contributed by atoms with Crippen LogP contribution in [0.4, 0.5) is 0 Å². The van der Waals surface area contributed by atoms with Gasteiger partial charge in [0.25, 0.3) is 0 Å². The Balaban J connectivity index is 1.51. The molecular formula is C36H40N2O2S3. The maximum Gasteiger partial charge on any atom is 0.324 e. The number of esters is 1. The third-order valence-electron chi connectivity index (χ3n) is 6.51. The van der Waals surface area contributed by atoms with Gasteiger partial charge in [-0.3, -0.25) is 14.8 Å². The molecule has 0 fully saturated rings. The number of unbranched alkanes of at least 4 members (excludes halogenated alkanes) is 9. The predicted octanol–water partition coefficient (Wildman–Crippen LogP) is 9.24. The summed E-state index contributed by atoms with van der Waals surface area (Å²) in [4.78, 5) is 21.1. The number of hydrogen-bond acceptors (Lipinski definition) is 7. The average molecular weight is 629 g/mol. The maximum absolute atomic E-state index is 13.0. The number of benzene rings is 1. The van der Waals surface area contributed by atoms with Crippen molar-refractivity contribution in [2.45, 2.75) is 83.3 Å². The van der Waals surface area contributed by atoms with Gasteiger partial charge in [0.2, 0.25) is 0 Å². The zero-order chi connectivity index (χ0) is 30.5. The van der Waals surface area contributed by atoms with Crippen LogP contribution in [0.25, 0.3) is 0 Å². The van der Waals surface area contributed by atoms with E-state index in [9.17, 15) is 4.79 Å². The fourth-order valence-electron chi connectivity index (χ4n) is 4.13. The SMILES string of the molecule is CCCCCCCCCCCCSC(=S)SC(C)C(=O)Oc1cc(C#Cc2ccncc2)cc(C#Cc2ccncc2)c1. The standard InChI is InChI=1S/C36H40N2O2S3/c1-3-4-5-6-7-8-9-10-11-12-25-42-36(41)43-29(2)35(39)40-34-27-32(15-13-30-17-21-37-22-18-30)26-33(28-34)16-14-31-19-23-38-24-20-31/h17-24,26-29H,3-12,25H2,1-2H3. The third-order valence-corrected chi connectivity index (χ3v) is 9.26. The lowest BCUT2D eigenvalue weighted by molar-refractivity contribution is -0.133. The second-order valence-electron chi connectivity index (χ2n) is 10.2. The van der Waals surface area contributed by atoms with Crippen LogP contribution in [0, 0.1) is 23.7 Å². The number of thiocarbonyl (C=S) groups is 1. The molecule has 3 aromatic rings. The summed E-state index contributed by atoms with van der Waals surface area (Å²) < 4.78 is 6.57. The molecule has 0 aliphatic carbocycles. The van der Waals surface area contributed by atoms with Gasteiger partial charge in [0.15, 0.2) is 0 Å². The highest BCUT2D eigenvalue weighted by Crippen LogP contribution is 2.26. The minimum Gasteiger partial charge on any atom is -0.426 e. The van der Waals surface area contributed by atoms with Crippen molar-refractivity contribution in [3.8, 4) is 29.4 Å². The van der Waals surface area contributed by atoms with Gasteiger partial charge in [-0.05, 0) is 61.6 Å². The molecule has 0 radical (unpaired) electrons. The van der Waals surface area contributed by atoms with Gasteiger partial charge in [-0.15, -0.1) is 11.8 Å². The number of carbonyl (C=O) groups is 1. The molecule has 0 spiro atoms. The molecule has 0 bridgehead atoms. The van der Waals surface area contributed by atoms with E-state index in [0.717, 1.165) is 26.8 Å². The van der Waals surface area contributed by atoms with Gasteiger partial charge in [0.1, 0.15) is 14.5 Å². The molecule has 0 amide bonds. The van der Waals surface area contributed by atoms with Crippen molar-refractivity contribution >= 4 is 45.2 Å². The van der Waals surface area contributed by atoms with Crippen molar-refractivity contribution in [2.24, 2.45) is 0 Å². The number of thioether (sulfide) groups is 2. The van der Waals surface area contributed by atoms with Crippen LogP contribution in [-0.2, 0) is 4.79 Å². The summed E-state index contributed by atoms with van der Waals surface area (Å²) in [5.41, 5.74) is 3.08. The van der Waals surface area contributed by atoms with Gasteiger partial charge in [0, 0.05) is 47.0 Å². The van der Waals surface area contributed by atoms with Crippen LogP contribution < -0.4 is 4.74 Å². The summed E-state index contributed by atoms with van der Waals surface area (Å²) in [6.07, 6.45) is 20.0. The molecule has 7 heteroatoms. The molecule has 1 unspecified atom stereocenters. The average Bonchev–Trinajstić information content (AvgIpc) is 3.02. The second-order valence-corrected chi connectivity index (χ2v) is 13.8. The van der Waals surface area contributed by atoms with E-state index in [2.05, 4.69) is 40.6 Å². The highest BCUT2D eigenvalue weighted by atomic mass is 32.2. The van der Waals surface area contributed by atoms with Crippen LogP contribution >= 0.6 is 35.7 Å². The topological polar surface area (TPSA) is 52.1 Å². The number of carbonyl (C=O) groups excluding carboxylic acids is 1. The first-order valence-corrected chi connectivity index (χ1v) is 17.3. The highest BCUT2D eigenvalue weighted by molar-refractivity contribution is 8.47. The minimum atomic E-state index is -0.425. The molecule has 2 aromatic heterocycles. The van der Waals surface area contributed by atoms with Crippen LogP contribution in [0.15, 0.2) is 67.3 Å². The highest BCUT2D eigenvalue weighted by Gasteiger charge is 2.19. The summed E-state index contributed by atoms with van der Waals surface area (Å²) in [5.74, 6) is 13.6. The summed E-state index contributed by atoms with van der Waals surface area (Å²) in [6.45, 7) is 4.09. The lowest BCUT2D eigenvalue weighted by Gasteiger charge is -2.12. The second kappa shape index (κ2) is 20.7. The van der Waals surface area contributed by atoms with Gasteiger partial charge in [-0.2, -0.15) is 0 Å². The monoisotopic (exact) mass is 628 g/mol. The first kappa shape index (κ1) is 34.4. The number of aromatic nitrogens is 2. The Kier molecular flexibility index (Phi) is 16.6. The van der Waals surface area contributed by atoms with Gasteiger partial charge in [-0.25, -0.2) is 0 Å². The Morgan fingerprint density at radius 1 is 0.744 bits per heavy atom. The molecular weight excluding hydrogens is 589 g/mol. The van der Waals surface area contributed by atoms with Crippen molar-refractivity contribution in [1.82, 2.24) is 9.97 Å². The number of hydrogen-bond donors (Lipinski definition) is 0. The lowest BCUT2D eigenvalue weighted by Crippen LogP contribution is -2.21. The van der Waals surface area contributed by atoms with Crippen molar-refractivity contribution < 1.29 is 9.53 Å². The largest absolute Gasteiger partial charge is 0.426 e. The molecule has 43 heavy (non-hydrogen) atoms. The molecule has 4 nitrogen and oxygen atoms in total. The van der Waals surface area contributed by atoms with Crippen LogP contribution in [0.3, 0.4) is 0 Å². The smallest absolute Gasteiger partial charge is 0.324 e. The fraction of sp³-hybridized carbons (Fsp3) is 0.389. The molecule has 1 atom stereocenters. The molecule has 0 N–H and O–H groups in total. The van der Waals surface area contributed by atoms with E-state index in [1.165, 1.54) is 69.5 Å². The fourth-order valence-corrected chi connectivity index (χ4v) is 6.72.